The van der Waals surface area contributed by atoms with Crippen LogP contribution in [0.2, 0.25) is 0 Å². The van der Waals surface area contributed by atoms with Gasteiger partial charge in [0, 0.05) is 7.05 Å². The van der Waals surface area contributed by atoms with E-state index >= 15 is 0 Å². The van der Waals surface area contributed by atoms with Crippen LogP contribution < -0.4 is 15.4 Å². The van der Waals surface area contributed by atoms with Gasteiger partial charge in [-0.1, -0.05) is 12.1 Å². The molecule has 5 nitrogen and oxygen atoms in total. The van der Waals surface area contributed by atoms with Crippen LogP contribution in [0.25, 0.3) is 0 Å². The molecule has 1 aromatic heterocycles. The predicted octanol–water partition coefficient (Wildman–Crippen LogP) is 2.41. The molecule has 94 valence electrons. The maximum Gasteiger partial charge on any atom is 0.204 e. The molecule has 0 spiro atoms. The lowest BCUT2D eigenvalue weighted by Crippen LogP contribution is -2.03. The number of nitrogens with one attached hydrogen (secondary N) is 2. The van der Waals surface area contributed by atoms with E-state index in [-0.39, 0.29) is 5.82 Å². The zero-order chi connectivity index (χ0) is 13.0. The number of aromatic nitrogens is 2. The van der Waals surface area contributed by atoms with Gasteiger partial charge < -0.3 is 15.4 Å². The number of hydrogen-bond donors (Lipinski definition) is 2. The van der Waals surface area contributed by atoms with Gasteiger partial charge in [-0.3, -0.25) is 0 Å². The Labute approximate surface area is 104 Å². The molecule has 0 aliphatic heterocycles. The normalized spacial score (nSPS) is 9.94. The van der Waals surface area contributed by atoms with Crippen LogP contribution in [-0.4, -0.2) is 24.1 Å². The highest BCUT2D eigenvalue weighted by Gasteiger charge is 2.12. The Kier molecular flexibility index (Phi) is 3.57. The molecule has 1 heterocycles. The van der Waals surface area contributed by atoms with Crippen molar-refractivity contribution in [3.63, 3.8) is 0 Å². The molecule has 0 fully saturated rings. The van der Waals surface area contributed by atoms with Crippen molar-refractivity contribution < 1.29 is 9.13 Å². The highest BCUT2D eigenvalue weighted by molar-refractivity contribution is 5.69. The minimum absolute atomic E-state index is 0.330. The summed E-state index contributed by atoms with van der Waals surface area (Å²) in [5.41, 5.74) is 0.330. The van der Waals surface area contributed by atoms with Crippen molar-refractivity contribution in [1.82, 2.24) is 9.97 Å². The van der Waals surface area contributed by atoms with E-state index in [1.807, 2.05) is 0 Å². The lowest BCUT2D eigenvalue weighted by atomic mass is 10.3. The highest BCUT2D eigenvalue weighted by Crippen LogP contribution is 2.31. The molecule has 0 saturated carbocycles. The molecule has 0 atom stereocenters. The molecule has 1 aromatic carbocycles. The predicted molar refractivity (Wildman–Crippen MR) is 67.8 cm³/mol. The van der Waals surface area contributed by atoms with Crippen LogP contribution in [0, 0.1) is 5.82 Å². The van der Waals surface area contributed by atoms with Crippen LogP contribution in [0.15, 0.2) is 30.6 Å². The molecule has 2 aromatic rings. The lowest BCUT2D eigenvalue weighted by Gasteiger charge is -2.12. The number of anilines is 3. The van der Waals surface area contributed by atoms with Gasteiger partial charge in [0.1, 0.15) is 12.1 Å². The average Bonchev–Trinajstić information content (AvgIpc) is 2.41. The van der Waals surface area contributed by atoms with Gasteiger partial charge in [-0.15, -0.1) is 0 Å². The Hall–Kier alpha value is -2.37. The van der Waals surface area contributed by atoms with E-state index in [9.17, 15) is 4.39 Å². The third-order valence-corrected chi connectivity index (χ3v) is 2.37. The Morgan fingerprint density at radius 2 is 1.89 bits per heavy atom. The monoisotopic (exact) mass is 248 g/mol. The van der Waals surface area contributed by atoms with Crippen LogP contribution >= 0.6 is 0 Å². The zero-order valence-corrected chi connectivity index (χ0v) is 10.1. The first-order valence-corrected chi connectivity index (χ1v) is 5.34. The smallest absolute Gasteiger partial charge is 0.204 e. The van der Waals surface area contributed by atoms with Crippen molar-refractivity contribution in [3.8, 4) is 5.75 Å². The molecule has 0 saturated heterocycles. The third-order valence-electron chi connectivity index (χ3n) is 2.37. The summed E-state index contributed by atoms with van der Waals surface area (Å²) in [6.45, 7) is 0. The average molecular weight is 248 g/mol. The fourth-order valence-electron chi connectivity index (χ4n) is 1.52. The van der Waals surface area contributed by atoms with E-state index in [1.54, 1.807) is 25.2 Å². The standard InChI is InChI=1S/C12H13FN4O/c1-14-11-10(18-2)12(16-7-15-11)17-9-6-4-3-5-8(9)13/h3-7H,1-2H3,(H2,14,15,16,17). The van der Waals surface area contributed by atoms with E-state index in [2.05, 4.69) is 20.6 Å². The topological polar surface area (TPSA) is 59.1 Å². The van der Waals surface area contributed by atoms with Crippen molar-refractivity contribution in [2.45, 2.75) is 0 Å². The summed E-state index contributed by atoms with van der Waals surface area (Å²) >= 11 is 0. The van der Waals surface area contributed by atoms with Gasteiger partial charge in [-0.05, 0) is 12.1 Å². The van der Waals surface area contributed by atoms with Gasteiger partial charge in [0.05, 0.1) is 12.8 Å². The first kappa shape index (κ1) is 12.1. The van der Waals surface area contributed by atoms with Gasteiger partial charge in [0.15, 0.2) is 11.6 Å². The minimum Gasteiger partial charge on any atom is -0.490 e. The molecule has 0 unspecified atom stereocenters. The maximum absolute atomic E-state index is 13.5. The Bertz CT molecular complexity index is 547. The van der Waals surface area contributed by atoms with E-state index in [0.29, 0.717) is 23.1 Å². The molecule has 0 amide bonds. The maximum atomic E-state index is 13.5. The number of ether oxygens (including phenoxy) is 1. The molecule has 18 heavy (non-hydrogen) atoms. The van der Waals surface area contributed by atoms with Crippen molar-refractivity contribution in [3.05, 3.63) is 36.4 Å². The second-order valence-electron chi connectivity index (χ2n) is 3.46. The second-order valence-corrected chi connectivity index (χ2v) is 3.46. The number of methoxy groups -OCH3 is 1. The largest absolute Gasteiger partial charge is 0.490 e. The first-order chi connectivity index (χ1) is 8.76. The van der Waals surface area contributed by atoms with E-state index in [0.717, 1.165) is 0 Å². The second kappa shape index (κ2) is 5.31. The Balaban J connectivity index is 2.37. The van der Waals surface area contributed by atoms with Gasteiger partial charge in [0.2, 0.25) is 5.75 Å². The Morgan fingerprint density at radius 1 is 1.17 bits per heavy atom. The van der Waals surface area contributed by atoms with Gasteiger partial charge in [-0.2, -0.15) is 0 Å². The number of nitrogens with zero attached hydrogens (tertiary/aromatic N) is 2. The molecule has 0 radical (unpaired) electrons. The van der Waals surface area contributed by atoms with Gasteiger partial charge >= 0.3 is 0 Å². The summed E-state index contributed by atoms with van der Waals surface area (Å²) in [4.78, 5) is 8.05. The van der Waals surface area contributed by atoms with Crippen LogP contribution in [0.4, 0.5) is 21.7 Å². The molecular formula is C12H13FN4O. The summed E-state index contributed by atoms with van der Waals surface area (Å²) < 4.78 is 18.7. The summed E-state index contributed by atoms with van der Waals surface area (Å²) in [5.74, 6) is 1.01. The SMILES string of the molecule is CNc1ncnc(Nc2ccccc2F)c1OC. The minimum atomic E-state index is -0.357. The summed E-state index contributed by atoms with van der Waals surface area (Å²) in [7, 11) is 3.23. The molecule has 0 bridgehead atoms. The fraction of sp³-hybridized carbons (Fsp3) is 0.167. The van der Waals surface area contributed by atoms with Crippen LogP contribution in [0.3, 0.4) is 0 Å². The van der Waals surface area contributed by atoms with Crippen molar-refractivity contribution in [1.29, 1.82) is 0 Å². The lowest BCUT2D eigenvalue weighted by molar-refractivity contribution is 0.415. The summed E-state index contributed by atoms with van der Waals surface area (Å²) in [6.07, 6.45) is 1.37. The number of benzene rings is 1. The summed E-state index contributed by atoms with van der Waals surface area (Å²) in [6, 6.07) is 6.35. The zero-order valence-electron chi connectivity index (χ0n) is 10.1. The van der Waals surface area contributed by atoms with E-state index < -0.39 is 0 Å². The fourth-order valence-corrected chi connectivity index (χ4v) is 1.52. The number of halogens is 1. The van der Waals surface area contributed by atoms with Crippen LogP contribution in [-0.2, 0) is 0 Å². The van der Waals surface area contributed by atoms with Crippen molar-refractivity contribution >= 4 is 17.3 Å². The van der Waals surface area contributed by atoms with E-state index in [4.69, 9.17) is 4.74 Å². The van der Waals surface area contributed by atoms with Crippen LogP contribution in [0.5, 0.6) is 5.75 Å². The van der Waals surface area contributed by atoms with Crippen molar-refractivity contribution in [2.75, 3.05) is 24.8 Å². The van der Waals surface area contributed by atoms with Gasteiger partial charge in [-0.25, -0.2) is 14.4 Å². The molecule has 0 aliphatic rings. The highest BCUT2D eigenvalue weighted by atomic mass is 19.1. The van der Waals surface area contributed by atoms with E-state index in [1.165, 1.54) is 19.5 Å². The van der Waals surface area contributed by atoms with Crippen molar-refractivity contribution in [2.24, 2.45) is 0 Å². The Morgan fingerprint density at radius 3 is 2.56 bits per heavy atom. The van der Waals surface area contributed by atoms with Crippen LogP contribution in [0.1, 0.15) is 0 Å². The number of rotatable bonds is 4. The summed E-state index contributed by atoms with van der Waals surface area (Å²) in [5, 5.41) is 5.75. The molecular weight excluding hydrogens is 235 g/mol. The molecule has 0 aliphatic carbocycles. The third kappa shape index (κ3) is 2.32. The molecule has 6 heteroatoms. The number of para-hydroxylation sites is 1. The molecule has 2 N–H and O–H groups in total. The first-order valence-electron chi connectivity index (χ1n) is 5.34. The number of hydrogen-bond acceptors (Lipinski definition) is 5. The molecule has 2 rings (SSSR count). The van der Waals surface area contributed by atoms with Gasteiger partial charge in [0.25, 0.3) is 0 Å². The quantitative estimate of drug-likeness (QED) is 0.870.